The second-order valence-corrected chi connectivity index (χ2v) is 4.36. The monoisotopic (exact) mass is 242 g/mol. The number of nitrogens with zero attached hydrogens (tertiary/aromatic N) is 2. The van der Waals surface area contributed by atoms with E-state index in [2.05, 4.69) is 22.2 Å². The molecule has 0 aliphatic carbocycles. The summed E-state index contributed by atoms with van der Waals surface area (Å²) >= 11 is 0. The molecular weight excluding hydrogens is 228 g/mol. The van der Waals surface area contributed by atoms with E-state index in [0.29, 0.717) is 0 Å². The molecule has 0 radical (unpaired) electrons. The van der Waals surface area contributed by atoms with Crippen molar-refractivity contribution in [1.82, 2.24) is 9.97 Å². The molecule has 18 heavy (non-hydrogen) atoms. The molecular formula is C13H14N4O. The maximum atomic E-state index is 5.80. The van der Waals surface area contributed by atoms with E-state index in [0.717, 1.165) is 16.9 Å². The number of aryl methyl sites for hydroxylation is 1. The zero-order valence-electron chi connectivity index (χ0n) is 10.00. The first-order chi connectivity index (χ1) is 8.74. The van der Waals surface area contributed by atoms with Gasteiger partial charge < -0.3 is 15.8 Å². The van der Waals surface area contributed by atoms with Crippen LogP contribution in [0.4, 0.5) is 11.4 Å². The first-order valence-electron chi connectivity index (χ1n) is 5.77. The van der Waals surface area contributed by atoms with E-state index >= 15 is 0 Å². The minimum absolute atomic E-state index is 0.0310. The highest BCUT2D eigenvalue weighted by Gasteiger charge is 2.41. The van der Waals surface area contributed by atoms with Crippen molar-refractivity contribution >= 4 is 11.4 Å². The van der Waals surface area contributed by atoms with Gasteiger partial charge in [-0.3, -0.25) is 0 Å². The summed E-state index contributed by atoms with van der Waals surface area (Å²) in [5.74, 6) is 0. The SMILES string of the molecule is Cc1ccc(N)cc1C1OC1Nc1cncnc1. The minimum Gasteiger partial charge on any atom is -0.399 e. The van der Waals surface area contributed by atoms with Crippen LogP contribution in [0.3, 0.4) is 0 Å². The van der Waals surface area contributed by atoms with Crippen molar-refractivity contribution in [3.8, 4) is 0 Å². The molecule has 2 unspecified atom stereocenters. The van der Waals surface area contributed by atoms with Gasteiger partial charge in [0.2, 0.25) is 0 Å². The Balaban J connectivity index is 1.72. The van der Waals surface area contributed by atoms with Gasteiger partial charge in [-0.2, -0.15) is 0 Å². The van der Waals surface area contributed by atoms with Crippen LogP contribution in [0.15, 0.2) is 36.9 Å². The highest BCUT2D eigenvalue weighted by Crippen LogP contribution is 2.40. The number of anilines is 2. The Morgan fingerprint density at radius 1 is 1.28 bits per heavy atom. The first kappa shape index (κ1) is 11.0. The lowest BCUT2D eigenvalue weighted by Crippen LogP contribution is -2.05. The fourth-order valence-electron chi connectivity index (χ4n) is 1.96. The van der Waals surface area contributed by atoms with Gasteiger partial charge in [0, 0.05) is 5.69 Å². The molecule has 0 amide bonds. The Labute approximate surface area is 105 Å². The summed E-state index contributed by atoms with van der Waals surface area (Å²) in [5.41, 5.74) is 9.72. The summed E-state index contributed by atoms with van der Waals surface area (Å²) in [6.45, 7) is 2.05. The predicted octanol–water partition coefficient (Wildman–Crippen LogP) is 1.88. The van der Waals surface area contributed by atoms with Gasteiger partial charge in [0.15, 0.2) is 6.23 Å². The number of rotatable bonds is 3. The average Bonchev–Trinajstić information content (AvgIpc) is 3.13. The van der Waals surface area contributed by atoms with Crippen molar-refractivity contribution < 1.29 is 4.74 Å². The summed E-state index contributed by atoms with van der Waals surface area (Å²) in [6, 6.07) is 5.87. The number of benzene rings is 1. The van der Waals surface area contributed by atoms with Gasteiger partial charge >= 0.3 is 0 Å². The minimum atomic E-state index is -0.0310. The van der Waals surface area contributed by atoms with Crippen molar-refractivity contribution in [2.45, 2.75) is 19.3 Å². The molecule has 0 saturated carbocycles. The molecule has 0 spiro atoms. The zero-order chi connectivity index (χ0) is 12.5. The number of aromatic nitrogens is 2. The Hall–Kier alpha value is -2.14. The smallest absolute Gasteiger partial charge is 0.159 e. The van der Waals surface area contributed by atoms with Crippen LogP contribution in [0.25, 0.3) is 0 Å². The molecule has 1 saturated heterocycles. The van der Waals surface area contributed by atoms with Gasteiger partial charge in [-0.25, -0.2) is 9.97 Å². The van der Waals surface area contributed by atoms with E-state index in [1.165, 1.54) is 11.9 Å². The molecule has 2 atom stereocenters. The second-order valence-electron chi connectivity index (χ2n) is 4.36. The summed E-state index contributed by atoms with van der Waals surface area (Å²) in [4.78, 5) is 7.89. The molecule has 1 aromatic carbocycles. The van der Waals surface area contributed by atoms with Gasteiger partial charge in [0.1, 0.15) is 12.4 Å². The van der Waals surface area contributed by atoms with Gasteiger partial charge in [-0.05, 0) is 30.2 Å². The standard InChI is InChI=1S/C13H14N4O/c1-8-2-3-9(14)4-11(8)12-13(18-12)17-10-5-15-7-16-6-10/h2-7,12-13,17H,14H2,1H3. The number of nitrogens with two attached hydrogens (primary N) is 1. The average molecular weight is 242 g/mol. The highest BCUT2D eigenvalue weighted by molar-refractivity contribution is 5.48. The molecule has 0 bridgehead atoms. The predicted molar refractivity (Wildman–Crippen MR) is 68.9 cm³/mol. The first-order valence-corrected chi connectivity index (χ1v) is 5.77. The van der Waals surface area contributed by atoms with Crippen molar-refractivity contribution in [2.75, 3.05) is 11.1 Å². The third-order valence-electron chi connectivity index (χ3n) is 2.97. The Kier molecular flexibility index (Phi) is 2.60. The molecule has 92 valence electrons. The highest BCUT2D eigenvalue weighted by atomic mass is 16.6. The van der Waals surface area contributed by atoms with Crippen molar-refractivity contribution in [1.29, 1.82) is 0 Å². The summed E-state index contributed by atoms with van der Waals surface area (Å²) in [7, 11) is 0. The van der Waals surface area contributed by atoms with Crippen LogP contribution in [0, 0.1) is 6.92 Å². The van der Waals surface area contributed by atoms with Crippen LogP contribution in [0.2, 0.25) is 0 Å². The van der Waals surface area contributed by atoms with Crippen LogP contribution in [-0.2, 0) is 4.74 Å². The van der Waals surface area contributed by atoms with Crippen LogP contribution in [0.5, 0.6) is 0 Å². The molecule has 2 aromatic rings. The Bertz CT molecular complexity index is 558. The van der Waals surface area contributed by atoms with Gasteiger partial charge in [0.05, 0.1) is 18.1 Å². The topological polar surface area (TPSA) is 76.4 Å². The van der Waals surface area contributed by atoms with Gasteiger partial charge in [-0.1, -0.05) is 6.07 Å². The molecule has 1 aliphatic heterocycles. The van der Waals surface area contributed by atoms with E-state index in [4.69, 9.17) is 10.5 Å². The summed E-state index contributed by atoms with van der Waals surface area (Å²) in [6.07, 6.45) is 4.96. The molecule has 3 rings (SSSR count). The van der Waals surface area contributed by atoms with Crippen molar-refractivity contribution in [3.05, 3.63) is 48.0 Å². The number of nitrogens with one attached hydrogen (secondary N) is 1. The van der Waals surface area contributed by atoms with Crippen molar-refractivity contribution in [3.63, 3.8) is 0 Å². The third kappa shape index (κ3) is 2.12. The van der Waals surface area contributed by atoms with Crippen molar-refractivity contribution in [2.24, 2.45) is 0 Å². The maximum Gasteiger partial charge on any atom is 0.159 e. The third-order valence-corrected chi connectivity index (χ3v) is 2.97. The molecule has 5 heteroatoms. The van der Waals surface area contributed by atoms with Crippen LogP contribution >= 0.6 is 0 Å². The fraction of sp³-hybridized carbons (Fsp3) is 0.231. The molecule has 5 nitrogen and oxygen atoms in total. The number of nitrogen functional groups attached to an aromatic ring is 1. The molecule has 1 aromatic heterocycles. The Morgan fingerprint density at radius 2 is 2.06 bits per heavy atom. The lowest BCUT2D eigenvalue weighted by atomic mass is 10.0. The van der Waals surface area contributed by atoms with Gasteiger partial charge in [0.25, 0.3) is 0 Å². The lowest BCUT2D eigenvalue weighted by molar-refractivity contribution is 0.386. The lowest BCUT2D eigenvalue weighted by Gasteiger charge is -2.04. The quantitative estimate of drug-likeness (QED) is 0.634. The normalized spacial score (nSPS) is 21.6. The van der Waals surface area contributed by atoms with E-state index in [-0.39, 0.29) is 12.3 Å². The van der Waals surface area contributed by atoms with Crippen LogP contribution in [0.1, 0.15) is 17.2 Å². The molecule has 3 N–H and O–H groups in total. The number of epoxide rings is 1. The van der Waals surface area contributed by atoms with Crippen LogP contribution < -0.4 is 11.1 Å². The number of ether oxygens (including phenoxy) is 1. The van der Waals surface area contributed by atoms with E-state index in [1.54, 1.807) is 12.4 Å². The van der Waals surface area contributed by atoms with E-state index in [1.807, 2.05) is 18.2 Å². The van der Waals surface area contributed by atoms with E-state index in [9.17, 15) is 0 Å². The largest absolute Gasteiger partial charge is 0.399 e. The fourth-order valence-corrected chi connectivity index (χ4v) is 1.96. The number of hydrogen-bond acceptors (Lipinski definition) is 5. The summed E-state index contributed by atoms with van der Waals surface area (Å²) in [5, 5.41) is 3.22. The number of hydrogen-bond donors (Lipinski definition) is 2. The second kappa shape index (κ2) is 4.27. The van der Waals surface area contributed by atoms with Gasteiger partial charge in [-0.15, -0.1) is 0 Å². The maximum absolute atomic E-state index is 5.80. The zero-order valence-corrected chi connectivity index (χ0v) is 10.00. The Morgan fingerprint density at radius 3 is 2.83 bits per heavy atom. The summed E-state index contributed by atoms with van der Waals surface area (Å²) < 4.78 is 5.62. The van der Waals surface area contributed by atoms with Crippen LogP contribution in [-0.4, -0.2) is 16.2 Å². The molecule has 1 fully saturated rings. The van der Waals surface area contributed by atoms with E-state index < -0.39 is 0 Å². The molecule has 2 heterocycles. The molecule has 1 aliphatic rings.